The summed E-state index contributed by atoms with van der Waals surface area (Å²) in [6.45, 7) is 2.24. The number of nitrogens with zero attached hydrogens (tertiary/aromatic N) is 2. The molecule has 1 atom stereocenters. The quantitative estimate of drug-likeness (QED) is 0.732. The molecule has 0 bridgehead atoms. The van der Waals surface area contributed by atoms with Gasteiger partial charge >= 0.3 is 0 Å². The summed E-state index contributed by atoms with van der Waals surface area (Å²) in [5, 5.41) is 6.38. The number of aromatic nitrogens is 2. The monoisotopic (exact) mass is 319 g/mol. The first-order chi connectivity index (χ1) is 10.2. The zero-order valence-corrected chi connectivity index (χ0v) is 12.9. The zero-order chi connectivity index (χ0) is 14.7. The Kier molecular flexibility index (Phi) is 4.21. The highest BCUT2D eigenvalue weighted by atomic mass is 32.2. The molecule has 2 heterocycles. The largest absolute Gasteiger partial charge is 0.364 e. The molecule has 0 saturated heterocycles. The lowest BCUT2D eigenvalue weighted by atomic mass is 10.3. The van der Waals surface area contributed by atoms with Crippen LogP contribution in [0.4, 0.5) is 0 Å². The number of rotatable bonds is 5. The number of hydrogen-bond acceptors (Lipinski definition) is 6. The van der Waals surface area contributed by atoms with E-state index in [0.717, 1.165) is 14.6 Å². The van der Waals surface area contributed by atoms with Crippen LogP contribution in [0.15, 0.2) is 45.5 Å². The summed E-state index contributed by atoms with van der Waals surface area (Å²) >= 11 is 3.07. The van der Waals surface area contributed by atoms with Crippen molar-refractivity contribution < 1.29 is 9.32 Å². The predicted molar refractivity (Wildman–Crippen MR) is 83.3 cm³/mol. The average Bonchev–Trinajstić information content (AvgIpc) is 3.13. The summed E-state index contributed by atoms with van der Waals surface area (Å²) in [7, 11) is 0. The lowest BCUT2D eigenvalue weighted by Crippen LogP contribution is -2.30. The van der Waals surface area contributed by atoms with E-state index in [9.17, 15) is 4.79 Å². The van der Waals surface area contributed by atoms with Crippen LogP contribution in [0.1, 0.15) is 12.6 Å². The number of nitrogens with one attached hydrogen (secondary N) is 1. The maximum atomic E-state index is 12.0. The summed E-state index contributed by atoms with van der Waals surface area (Å²) in [6.07, 6.45) is 1.49. The Bertz CT molecular complexity index is 707. The fourth-order valence-corrected chi connectivity index (χ4v) is 3.99. The lowest BCUT2D eigenvalue weighted by Gasteiger charge is -2.08. The van der Waals surface area contributed by atoms with Gasteiger partial charge in [0.2, 0.25) is 5.91 Å². The van der Waals surface area contributed by atoms with Crippen molar-refractivity contribution in [2.24, 2.45) is 0 Å². The van der Waals surface area contributed by atoms with E-state index in [1.165, 1.54) is 18.0 Å². The number of para-hydroxylation sites is 1. The number of carbonyl (C=O) groups is 1. The van der Waals surface area contributed by atoms with E-state index in [2.05, 4.69) is 15.5 Å². The number of benzene rings is 1. The van der Waals surface area contributed by atoms with E-state index in [1.54, 1.807) is 17.4 Å². The van der Waals surface area contributed by atoms with Crippen LogP contribution in [0.3, 0.4) is 0 Å². The average molecular weight is 319 g/mol. The van der Waals surface area contributed by atoms with Gasteiger partial charge in [0.25, 0.3) is 0 Å². The number of fused-ring (bicyclic) bond motifs is 1. The van der Waals surface area contributed by atoms with Gasteiger partial charge in [0, 0.05) is 6.07 Å². The second-order valence-corrected chi connectivity index (χ2v) is 7.03. The van der Waals surface area contributed by atoms with Gasteiger partial charge < -0.3 is 9.84 Å². The van der Waals surface area contributed by atoms with E-state index >= 15 is 0 Å². The number of thiazole rings is 1. The third kappa shape index (κ3) is 3.43. The summed E-state index contributed by atoms with van der Waals surface area (Å²) in [6, 6.07) is 9.69. The van der Waals surface area contributed by atoms with Gasteiger partial charge in [-0.05, 0) is 19.1 Å². The minimum atomic E-state index is -0.211. The second-order valence-electron chi connectivity index (χ2n) is 4.42. The molecule has 0 radical (unpaired) electrons. The Labute approximate surface area is 129 Å². The normalized spacial score (nSPS) is 12.4. The first-order valence-corrected chi connectivity index (χ1v) is 8.11. The van der Waals surface area contributed by atoms with Crippen molar-refractivity contribution >= 4 is 39.2 Å². The van der Waals surface area contributed by atoms with Gasteiger partial charge in [-0.2, -0.15) is 0 Å². The van der Waals surface area contributed by atoms with E-state index in [4.69, 9.17) is 4.52 Å². The molecule has 0 saturated carbocycles. The minimum absolute atomic E-state index is 0.0396. The van der Waals surface area contributed by atoms with Gasteiger partial charge in [-0.1, -0.05) is 29.1 Å². The van der Waals surface area contributed by atoms with E-state index in [-0.39, 0.29) is 11.2 Å². The van der Waals surface area contributed by atoms with Crippen LogP contribution in [-0.4, -0.2) is 21.3 Å². The van der Waals surface area contributed by atoms with Crippen molar-refractivity contribution in [1.82, 2.24) is 15.5 Å². The Balaban J connectivity index is 1.59. The van der Waals surface area contributed by atoms with Gasteiger partial charge in [0.05, 0.1) is 22.0 Å². The SMILES string of the molecule is C[C@@H](Sc1nc2ccccc2s1)C(=O)NCc1ccon1. The van der Waals surface area contributed by atoms with Gasteiger partial charge in [-0.15, -0.1) is 11.3 Å². The fraction of sp³-hybridized carbons (Fsp3) is 0.214. The molecule has 1 N–H and O–H groups in total. The van der Waals surface area contributed by atoms with Crippen molar-refractivity contribution in [1.29, 1.82) is 0 Å². The van der Waals surface area contributed by atoms with Crippen molar-refractivity contribution in [3.05, 3.63) is 42.3 Å². The lowest BCUT2D eigenvalue weighted by molar-refractivity contribution is -0.120. The molecule has 0 aliphatic carbocycles. The van der Waals surface area contributed by atoms with Crippen LogP contribution in [0.25, 0.3) is 10.2 Å². The van der Waals surface area contributed by atoms with Crippen molar-refractivity contribution in [3.63, 3.8) is 0 Å². The number of amides is 1. The van der Waals surface area contributed by atoms with Crippen molar-refractivity contribution in [2.75, 3.05) is 0 Å². The third-order valence-corrected chi connectivity index (χ3v) is 5.09. The maximum absolute atomic E-state index is 12.0. The number of carbonyl (C=O) groups excluding carboxylic acids is 1. The molecule has 108 valence electrons. The van der Waals surface area contributed by atoms with Gasteiger partial charge in [0.1, 0.15) is 12.0 Å². The van der Waals surface area contributed by atoms with Gasteiger partial charge in [0.15, 0.2) is 4.34 Å². The molecule has 0 spiro atoms. The third-order valence-electron chi connectivity index (χ3n) is 2.86. The van der Waals surface area contributed by atoms with Gasteiger partial charge in [-0.3, -0.25) is 4.79 Å². The van der Waals surface area contributed by atoms with Crippen LogP contribution in [0.2, 0.25) is 0 Å². The predicted octanol–water partition coefficient (Wildman–Crippen LogP) is 3.08. The number of thioether (sulfide) groups is 1. The zero-order valence-electron chi connectivity index (χ0n) is 11.3. The fourth-order valence-electron chi connectivity index (χ4n) is 1.76. The molecule has 7 heteroatoms. The van der Waals surface area contributed by atoms with Crippen LogP contribution in [0, 0.1) is 0 Å². The molecule has 1 amide bonds. The molecule has 1 aromatic carbocycles. The molecule has 0 aliphatic heterocycles. The first kappa shape index (κ1) is 14.1. The smallest absolute Gasteiger partial charge is 0.233 e. The van der Waals surface area contributed by atoms with Crippen LogP contribution < -0.4 is 5.32 Å². The van der Waals surface area contributed by atoms with E-state index in [1.807, 2.05) is 31.2 Å². The van der Waals surface area contributed by atoms with E-state index in [0.29, 0.717) is 12.2 Å². The standard InChI is InChI=1S/C14H13N3O2S2/c1-9(13(18)15-8-10-6-7-19-17-10)20-14-16-11-4-2-3-5-12(11)21-14/h2-7,9H,8H2,1H3,(H,15,18)/t9-/m1/s1. The number of hydrogen-bond donors (Lipinski definition) is 1. The maximum Gasteiger partial charge on any atom is 0.233 e. The molecule has 21 heavy (non-hydrogen) atoms. The molecular formula is C14H13N3O2S2. The van der Waals surface area contributed by atoms with Gasteiger partial charge in [-0.25, -0.2) is 4.98 Å². The van der Waals surface area contributed by atoms with Crippen molar-refractivity contribution in [3.8, 4) is 0 Å². The topological polar surface area (TPSA) is 68.0 Å². The molecule has 2 aromatic heterocycles. The molecular weight excluding hydrogens is 306 g/mol. The summed E-state index contributed by atoms with van der Waals surface area (Å²) < 4.78 is 6.76. The van der Waals surface area contributed by atoms with Crippen molar-refractivity contribution in [2.45, 2.75) is 23.1 Å². The molecule has 3 rings (SSSR count). The highest BCUT2D eigenvalue weighted by Gasteiger charge is 2.16. The second kappa shape index (κ2) is 6.28. The highest BCUT2D eigenvalue weighted by molar-refractivity contribution is 8.02. The molecule has 0 fully saturated rings. The summed E-state index contributed by atoms with van der Waals surface area (Å²) in [4.78, 5) is 16.6. The summed E-state index contributed by atoms with van der Waals surface area (Å²) in [5.41, 5.74) is 1.68. The first-order valence-electron chi connectivity index (χ1n) is 6.41. The minimum Gasteiger partial charge on any atom is -0.364 e. The Morgan fingerprint density at radius 2 is 2.29 bits per heavy atom. The van der Waals surface area contributed by atoms with Crippen LogP contribution in [-0.2, 0) is 11.3 Å². The van der Waals surface area contributed by atoms with E-state index < -0.39 is 0 Å². The Morgan fingerprint density at radius 3 is 3.05 bits per heavy atom. The van der Waals surface area contributed by atoms with Crippen LogP contribution >= 0.6 is 23.1 Å². The molecule has 3 aromatic rings. The summed E-state index contributed by atoms with van der Waals surface area (Å²) in [5.74, 6) is -0.0396. The molecule has 0 aliphatic rings. The Morgan fingerprint density at radius 1 is 1.43 bits per heavy atom. The highest BCUT2D eigenvalue weighted by Crippen LogP contribution is 2.31. The van der Waals surface area contributed by atoms with Crippen LogP contribution in [0.5, 0.6) is 0 Å². The Hall–Kier alpha value is -1.86. The molecule has 0 unspecified atom stereocenters. The molecule has 5 nitrogen and oxygen atoms in total.